The Bertz CT molecular complexity index is 912. The van der Waals surface area contributed by atoms with Gasteiger partial charge in [0.15, 0.2) is 5.96 Å². The summed E-state index contributed by atoms with van der Waals surface area (Å²) >= 11 is 7.62. The van der Waals surface area contributed by atoms with E-state index in [9.17, 15) is 0 Å². The summed E-state index contributed by atoms with van der Waals surface area (Å²) in [5, 5.41) is 12.3. The maximum Gasteiger partial charge on any atom is 0.228 e. The molecule has 0 fully saturated rings. The highest BCUT2D eigenvalue weighted by molar-refractivity contribution is 14.0. The molecule has 0 aliphatic carbocycles. The number of aryl methyl sites for hydroxylation is 1. The number of benzene rings is 1. The molecule has 0 amide bonds. The number of guanidine groups is 1. The number of nitrogens with one attached hydrogen (secondary N) is 2. The van der Waals surface area contributed by atoms with Crippen molar-refractivity contribution in [3.8, 4) is 11.4 Å². The van der Waals surface area contributed by atoms with Crippen molar-refractivity contribution >= 4 is 52.9 Å². The highest BCUT2D eigenvalue weighted by Crippen LogP contribution is 2.18. The molecule has 0 aliphatic heterocycles. The quantitative estimate of drug-likeness (QED) is 0.251. The Kier molecular flexibility index (Phi) is 9.82. The summed E-state index contributed by atoms with van der Waals surface area (Å²) in [6.45, 7) is 6.22. The number of rotatable bonds is 8. The molecule has 0 saturated carbocycles. The zero-order chi connectivity index (χ0) is 19.8. The van der Waals surface area contributed by atoms with Crippen molar-refractivity contribution < 1.29 is 4.52 Å². The van der Waals surface area contributed by atoms with Gasteiger partial charge in [0.1, 0.15) is 0 Å². The third-order valence-corrected chi connectivity index (χ3v) is 5.04. The average molecular weight is 547 g/mol. The van der Waals surface area contributed by atoms with Crippen LogP contribution in [0, 0.1) is 6.92 Å². The molecule has 2 heterocycles. The van der Waals surface area contributed by atoms with Crippen LogP contribution in [0.4, 0.5) is 0 Å². The number of nitrogens with zero attached hydrogens (tertiary/aromatic N) is 4. The average Bonchev–Trinajstić information content (AvgIpc) is 3.31. The first-order chi connectivity index (χ1) is 13.6. The molecule has 0 saturated heterocycles. The van der Waals surface area contributed by atoms with Gasteiger partial charge in [-0.15, -0.1) is 35.3 Å². The number of hydrogen-bond donors (Lipinski definition) is 2. The molecule has 3 rings (SSSR count). The Balaban J connectivity index is 0.00000300. The van der Waals surface area contributed by atoms with E-state index >= 15 is 0 Å². The van der Waals surface area contributed by atoms with Gasteiger partial charge in [-0.05, 0) is 38.1 Å². The van der Waals surface area contributed by atoms with Gasteiger partial charge < -0.3 is 15.2 Å². The standard InChI is InChI=1S/C19H23ClN6OS.HI/c1-3-21-19(23-11-9-17-24-12-13(2)28-17)22-10-8-16-25-18(26-27-16)14-4-6-15(20)7-5-14;/h4-7,12H,3,8-11H2,1-2H3,(H2,21,22,23);1H. The second-order valence-corrected chi connectivity index (χ2v) is 7.83. The summed E-state index contributed by atoms with van der Waals surface area (Å²) in [7, 11) is 0. The molecule has 7 nitrogen and oxygen atoms in total. The van der Waals surface area contributed by atoms with Gasteiger partial charge in [-0.2, -0.15) is 4.98 Å². The molecule has 0 atom stereocenters. The van der Waals surface area contributed by atoms with Crippen LogP contribution in [-0.4, -0.2) is 40.7 Å². The number of hydrogen-bond acceptors (Lipinski definition) is 6. The maximum absolute atomic E-state index is 5.91. The summed E-state index contributed by atoms with van der Waals surface area (Å²) in [6, 6.07) is 7.35. The van der Waals surface area contributed by atoms with E-state index in [1.807, 2.05) is 25.3 Å². The van der Waals surface area contributed by atoms with Crippen LogP contribution in [0.5, 0.6) is 0 Å². The van der Waals surface area contributed by atoms with E-state index in [1.165, 1.54) is 4.88 Å². The van der Waals surface area contributed by atoms with Crippen molar-refractivity contribution in [2.75, 3.05) is 19.6 Å². The first kappa shape index (κ1) is 23.6. The van der Waals surface area contributed by atoms with Crippen LogP contribution in [-0.2, 0) is 12.8 Å². The van der Waals surface area contributed by atoms with Gasteiger partial charge in [0.2, 0.25) is 11.7 Å². The summed E-state index contributed by atoms with van der Waals surface area (Å²) in [5.41, 5.74) is 0.875. The van der Waals surface area contributed by atoms with E-state index < -0.39 is 0 Å². The molecule has 0 unspecified atom stereocenters. The van der Waals surface area contributed by atoms with Crippen LogP contribution in [0.3, 0.4) is 0 Å². The van der Waals surface area contributed by atoms with Gasteiger partial charge >= 0.3 is 0 Å². The van der Waals surface area contributed by atoms with Crippen molar-refractivity contribution in [1.82, 2.24) is 25.8 Å². The molecule has 1 aromatic carbocycles. The molecule has 29 heavy (non-hydrogen) atoms. The van der Waals surface area contributed by atoms with Crippen LogP contribution in [0.15, 0.2) is 40.0 Å². The Morgan fingerprint density at radius 1 is 1.21 bits per heavy atom. The van der Waals surface area contributed by atoms with Crippen LogP contribution in [0.2, 0.25) is 5.02 Å². The lowest BCUT2D eigenvalue weighted by Crippen LogP contribution is -2.38. The fourth-order valence-corrected chi connectivity index (χ4v) is 3.38. The molecule has 10 heteroatoms. The molecule has 156 valence electrons. The highest BCUT2D eigenvalue weighted by Gasteiger charge is 2.09. The zero-order valence-electron chi connectivity index (χ0n) is 16.3. The fourth-order valence-electron chi connectivity index (χ4n) is 2.48. The minimum atomic E-state index is 0. The summed E-state index contributed by atoms with van der Waals surface area (Å²) in [5.74, 6) is 1.91. The van der Waals surface area contributed by atoms with Gasteiger partial charge in [0.05, 0.1) is 5.01 Å². The number of halogens is 2. The maximum atomic E-state index is 5.91. The lowest BCUT2D eigenvalue weighted by Gasteiger charge is -2.09. The van der Waals surface area contributed by atoms with Crippen LogP contribution >= 0.6 is 46.9 Å². The minimum absolute atomic E-state index is 0. The van der Waals surface area contributed by atoms with E-state index in [4.69, 9.17) is 16.1 Å². The summed E-state index contributed by atoms with van der Waals surface area (Å²) in [4.78, 5) is 14.6. The van der Waals surface area contributed by atoms with Gasteiger partial charge in [0.25, 0.3) is 0 Å². The molecule has 3 aromatic rings. The first-order valence-corrected chi connectivity index (χ1v) is 10.4. The SMILES string of the molecule is CCNC(=NCCc1ncc(C)s1)NCCc1nc(-c2ccc(Cl)cc2)no1.I. The van der Waals surface area contributed by atoms with Gasteiger partial charge in [-0.3, -0.25) is 4.99 Å². The second kappa shape index (κ2) is 12.1. The molecule has 0 radical (unpaired) electrons. The highest BCUT2D eigenvalue weighted by atomic mass is 127. The second-order valence-electron chi connectivity index (χ2n) is 6.07. The monoisotopic (exact) mass is 546 g/mol. The fraction of sp³-hybridized carbons (Fsp3) is 0.368. The topological polar surface area (TPSA) is 88.2 Å². The third kappa shape index (κ3) is 7.56. The molecule has 0 spiro atoms. The van der Waals surface area contributed by atoms with E-state index in [1.54, 1.807) is 23.5 Å². The van der Waals surface area contributed by atoms with E-state index in [0.29, 0.717) is 36.2 Å². The largest absolute Gasteiger partial charge is 0.357 e. The van der Waals surface area contributed by atoms with Gasteiger partial charge in [0, 0.05) is 54.1 Å². The predicted molar refractivity (Wildman–Crippen MR) is 128 cm³/mol. The number of aliphatic imine (C=N–C) groups is 1. The predicted octanol–water partition coefficient (Wildman–Crippen LogP) is 4.11. The Hall–Kier alpha value is -1.72. The Labute approximate surface area is 196 Å². The van der Waals surface area contributed by atoms with Crippen LogP contribution in [0.1, 0.15) is 22.7 Å². The first-order valence-electron chi connectivity index (χ1n) is 9.16. The molecule has 0 aliphatic rings. The molecule has 0 bridgehead atoms. The third-order valence-electron chi connectivity index (χ3n) is 3.81. The van der Waals surface area contributed by atoms with Crippen molar-refractivity contribution in [2.24, 2.45) is 4.99 Å². The molecular formula is C19H24ClIN6OS. The van der Waals surface area contributed by atoms with E-state index in [2.05, 4.69) is 37.7 Å². The number of aromatic nitrogens is 3. The lowest BCUT2D eigenvalue weighted by molar-refractivity contribution is 0.378. The van der Waals surface area contributed by atoms with Crippen molar-refractivity contribution in [1.29, 1.82) is 0 Å². The van der Waals surface area contributed by atoms with E-state index in [-0.39, 0.29) is 24.0 Å². The Morgan fingerprint density at radius 2 is 2.00 bits per heavy atom. The summed E-state index contributed by atoms with van der Waals surface area (Å²) in [6.07, 6.45) is 3.34. The van der Waals surface area contributed by atoms with Gasteiger partial charge in [-0.1, -0.05) is 16.8 Å². The van der Waals surface area contributed by atoms with Crippen LogP contribution < -0.4 is 10.6 Å². The molecular weight excluding hydrogens is 523 g/mol. The summed E-state index contributed by atoms with van der Waals surface area (Å²) < 4.78 is 5.33. The minimum Gasteiger partial charge on any atom is -0.357 e. The van der Waals surface area contributed by atoms with Crippen molar-refractivity contribution in [3.63, 3.8) is 0 Å². The smallest absolute Gasteiger partial charge is 0.228 e. The van der Waals surface area contributed by atoms with E-state index in [0.717, 1.165) is 29.5 Å². The molecule has 2 aromatic heterocycles. The normalized spacial score (nSPS) is 11.2. The van der Waals surface area contributed by atoms with Crippen molar-refractivity contribution in [3.05, 3.63) is 51.3 Å². The van der Waals surface area contributed by atoms with Crippen LogP contribution in [0.25, 0.3) is 11.4 Å². The van der Waals surface area contributed by atoms with Crippen molar-refractivity contribution in [2.45, 2.75) is 26.7 Å². The zero-order valence-corrected chi connectivity index (χ0v) is 20.2. The molecule has 2 N–H and O–H groups in total. The van der Waals surface area contributed by atoms with Gasteiger partial charge in [-0.25, -0.2) is 4.98 Å². The Morgan fingerprint density at radius 3 is 2.69 bits per heavy atom. The lowest BCUT2D eigenvalue weighted by atomic mass is 10.2. The number of thiazole rings is 1.